The summed E-state index contributed by atoms with van der Waals surface area (Å²) in [5, 5.41) is 8.78. The summed E-state index contributed by atoms with van der Waals surface area (Å²) in [7, 11) is -3.73. The third-order valence-corrected chi connectivity index (χ3v) is 4.61. The Morgan fingerprint density at radius 1 is 1.17 bits per heavy atom. The van der Waals surface area contributed by atoms with Crippen LogP contribution in [-0.2, 0) is 21.2 Å². The molecule has 0 amide bonds. The molecule has 2 N–H and O–H groups in total. The van der Waals surface area contributed by atoms with Gasteiger partial charge in [-0.15, -0.1) is 0 Å². The zero-order valence-electron chi connectivity index (χ0n) is 12.6. The third-order valence-electron chi connectivity index (χ3n) is 3.23. The van der Waals surface area contributed by atoms with Crippen LogP contribution in [0.2, 0.25) is 0 Å². The molecular weight excluding hydrogens is 314 g/mol. The second-order valence-electron chi connectivity index (χ2n) is 4.87. The predicted octanol–water partition coefficient (Wildman–Crippen LogP) is 3.15. The zero-order chi connectivity index (χ0) is 16.9. The Morgan fingerprint density at radius 3 is 2.48 bits per heavy atom. The molecule has 120 valence electrons. The van der Waals surface area contributed by atoms with Crippen LogP contribution in [0.1, 0.15) is 18.1 Å². The molecule has 23 heavy (non-hydrogen) atoms. The standard InChI is InChI=1S/C17H17NO4S/c1-2-13-8-10-16(14(12-13)9-11-17(19)20)18-23(21,22)15-6-4-3-5-7-15/h3-12,18H,2H2,1H3,(H,19,20)/b11-9+. The van der Waals surface area contributed by atoms with Gasteiger partial charge in [-0.3, -0.25) is 4.72 Å². The molecule has 5 nitrogen and oxygen atoms in total. The van der Waals surface area contributed by atoms with Gasteiger partial charge in [0.15, 0.2) is 0 Å². The summed E-state index contributed by atoms with van der Waals surface area (Å²) in [6, 6.07) is 13.2. The van der Waals surface area contributed by atoms with Gasteiger partial charge < -0.3 is 5.11 Å². The maximum absolute atomic E-state index is 12.4. The van der Waals surface area contributed by atoms with Gasteiger partial charge in [-0.2, -0.15) is 0 Å². The highest BCUT2D eigenvalue weighted by molar-refractivity contribution is 7.92. The molecule has 0 saturated heterocycles. The first-order valence-electron chi connectivity index (χ1n) is 7.04. The summed E-state index contributed by atoms with van der Waals surface area (Å²) in [4.78, 5) is 10.9. The molecule has 0 unspecified atom stereocenters. The lowest BCUT2D eigenvalue weighted by Crippen LogP contribution is -2.13. The van der Waals surface area contributed by atoms with E-state index in [1.165, 1.54) is 18.2 Å². The first-order valence-corrected chi connectivity index (χ1v) is 8.52. The highest BCUT2D eigenvalue weighted by atomic mass is 32.2. The Balaban J connectivity index is 2.41. The van der Waals surface area contributed by atoms with E-state index in [0.29, 0.717) is 11.3 Å². The number of rotatable bonds is 6. The second kappa shape index (κ2) is 7.11. The van der Waals surface area contributed by atoms with Crippen molar-refractivity contribution >= 4 is 27.8 Å². The van der Waals surface area contributed by atoms with E-state index in [2.05, 4.69) is 4.72 Å². The molecular formula is C17H17NO4S. The highest BCUT2D eigenvalue weighted by Gasteiger charge is 2.15. The Hall–Kier alpha value is -2.60. The van der Waals surface area contributed by atoms with Gasteiger partial charge in [0, 0.05) is 6.08 Å². The van der Waals surface area contributed by atoms with Crippen LogP contribution in [0.5, 0.6) is 0 Å². The summed E-state index contributed by atoms with van der Waals surface area (Å²) in [6.45, 7) is 1.97. The maximum Gasteiger partial charge on any atom is 0.328 e. The van der Waals surface area contributed by atoms with Gasteiger partial charge in [0.2, 0.25) is 0 Å². The van der Waals surface area contributed by atoms with Gasteiger partial charge in [0.25, 0.3) is 10.0 Å². The van der Waals surface area contributed by atoms with E-state index in [4.69, 9.17) is 5.11 Å². The molecule has 0 radical (unpaired) electrons. The van der Waals surface area contributed by atoms with Crippen LogP contribution < -0.4 is 4.72 Å². The number of aryl methyl sites for hydroxylation is 1. The largest absolute Gasteiger partial charge is 0.478 e. The fourth-order valence-corrected chi connectivity index (χ4v) is 3.14. The van der Waals surface area contributed by atoms with Crippen LogP contribution in [0.15, 0.2) is 59.5 Å². The quantitative estimate of drug-likeness (QED) is 0.797. The number of sulfonamides is 1. The Kier molecular flexibility index (Phi) is 5.18. The number of aliphatic carboxylic acids is 1. The average Bonchev–Trinajstić information content (AvgIpc) is 2.54. The van der Waals surface area contributed by atoms with Gasteiger partial charge in [-0.1, -0.05) is 31.2 Å². The fraction of sp³-hybridized carbons (Fsp3) is 0.118. The van der Waals surface area contributed by atoms with Gasteiger partial charge in [-0.05, 0) is 47.9 Å². The number of nitrogens with one attached hydrogen (secondary N) is 1. The molecule has 0 saturated carbocycles. The smallest absolute Gasteiger partial charge is 0.328 e. The van der Waals surface area contributed by atoms with Gasteiger partial charge in [0.1, 0.15) is 0 Å². The molecule has 2 aromatic carbocycles. The van der Waals surface area contributed by atoms with Crippen LogP contribution in [0, 0.1) is 0 Å². The molecule has 0 bridgehead atoms. The number of hydrogen-bond donors (Lipinski definition) is 2. The second-order valence-corrected chi connectivity index (χ2v) is 6.55. The lowest BCUT2D eigenvalue weighted by molar-refractivity contribution is -0.131. The zero-order valence-corrected chi connectivity index (χ0v) is 13.4. The minimum absolute atomic E-state index is 0.146. The van der Waals surface area contributed by atoms with Crippen LogP contribution in [0.3, 0.4) is 0 Å². The molecule has 0 aliphatic rings. The average molecular weight is 331 g/mol. The van der Waals surface area contributed by atoms with Crippen molar-refractivity contribution in [3.63, 3.8) is 0 Å². The summed E-state index contributed by atoms with van der Waals surface area (Å²) < 4.78 is 27.3. The Labute approximate surface area is 135 Å². The topological polar surface area (TPSA) is 83.5 Å². The van der Waals surface area contributed by atoms with E-state index in [1.807, 2.05) is 6.92 Å². The molecule has 0 atom stereocenters. The fourth-order valence-electron chi connectivity index (χ4n) is 2.03. The van der Waals surface area contributed by atoms with E-state index >= 15 is 0 Å². The van der Waals surface area contributed by atoms with Crippen LogP contribution in [-0.4, -0.2) is 19.5 Å². The van der Waals surface area contributed by atoms with Crippen molar-refractivity contribution in [2.45, 2.75) is 18.2 Å². The Morgan fingerprint density at radius 2 is 1.87 bits per heavy atom. The number of carbonyl (C=O) groups is 1. The summed E-state index contributed by atoms with van der Waals surface area (Å²) >= 11 is 0. The number of benzene rings is 2. The molecule has 0 aromatic heterocycles. The molecule has 0 aliphatic heterocycles. The number of carboxylic acids is 1. The lowest BCUT2D eigenvalue weighted by atomic mass is 10.1. The van der Waals surface area contributed by atoms with E-state index in [-0.39, 0.29) is 4.90 Å². The number of hydrogen-bond acceptors (Lipinski definition) is 3. The number of anilines is 1. The van der Waals surface area contributed by atoms with Gasteiger partial charge in [-0.25, -0.2) is 13.2 Å². The van der Waals surface area contributed by atoms with Gasteiger partial charge in [0.05, 0.1) is 10.6 Å². The minimum atomic E-state index is -3.73. The molecule has 0 fully saturated rings. The van der Waals surface area contributed by atoms with Gasteiger partial charge >= 0.3 is 5.97 Å². The molecule has 0 heterocycles. The van der Waals surface area contributed by atoms with Crippen LogP contribution in [0.25, 0.3) is 6.08 Å². The third kappa shape index (κ3) is 4.43. The van der Waals surface area contributed by atoms with E-state index in [1.54, 1.807) is 36.4 Å². The van der Waals surface area contributed by atoms with E-state index in [0.717, 1.165) is 18.1 Å². The summed E-state index contributed by atoms with van der Waals surface area (Å²) in [5.41, 5.74) is 1.83. The monoisotopic (exact) mass is 331 g/mol. The Bertz CT molecular complexity index is 827. The van der Waals surface area contributed by atoms with Crippen molar-refractivity contribution < 1.29 is 18.3 Å². The van der Waals surface area contributed by atoms with Crippen LogP contribution >= 0.6 is 0 Å². The van der Waals surface area contributed by atoms with Crippen molar-refractivity contribution in [3.8, 4) is 0 Å². The van der Waals surface area contributed by atoms with Crippen molar-refractivity contribution in [1.82, 2.24) is 0 Å². The number of carboxylic acid groups (broad SMARTS) is 1. The van der Waals surface area contributed by atoms with Crippen molar-refractivity contribution in [2.24, 2.45) is 0 Å². The molecule has 2 aromatic rings. The summed E-state index contributed by atoms with van der Waals surface area (Å²) in [6.07, 6.45) is 3.12. The van der Waals surface area contributed by atoms with Crippen LogP contribution in [0.4, 0.5) is 5.69 Å². The molecule has 0 spiro atoms. The minimum Gasteiger partial charge on any atom is -0.478 e. The molecule has 2 rings (SSSR count). The highest BCUT2D eigenvalue weighted by Crippen LogP contribution is 2.23. The first-order chi connectivity index (χ1) is 10.9. The summed E-state index contributed by atoms with van der Waals surface area (Å²) in [5.74, 6) is -1.09. The first kappa shape index (κ1) is 16.8. The van der Waals surface area contributed by atoms with E-state index in [9.17, 15) is 13.2 Å². The maximum atomic E-state index is 12.4. The SMILES string of the molecule is CCc1ccc(NS(=O)(=O)c2ccccc2)c(/C=C/C(=O)O)c1. The molecule has 0 aliphatic carbocycles. The van der Waals surface area contributed by atoms with E-state index < -0.39 is 16.0 Å². The van der Waals surface area contributed by atoms with Crippen molar-refractivity contribution in [3.05, 3.63) is 65.7 Å². The van der Waals surface area contributed by atoms with Crippen molar-refractivity contribution in [2.75, 3.05) is 4.72 Å². The lowest BCUT2D eigenvalue weighted by Gasteiger charge is -2.12. The normalized spacial score (nSPS) is 11.5. The van der Waals surface area contributed by atoms with Crippen molar-refractivity contribution in [1.29, 1.82) is 0 Å². The molecule has 6 heteroatoms. The predicted molar refractivity (Wildman–Crippen MR) is 89.7 cm³/mol.